The van der Waals surface area contributed by atoms with Gasteiger partial charge in [-0.2, -0.15) is 0 Å². The van der Waals surface area contributed by atoms with Crippen LogP contribution in [0.1, 0.15) is 31.4 Å². The number of carbonyl (C=O) groups excluding carboxylic acids is 1. The predicted molar refractivity (Wildman–Crippen MR) is 68.3 cm³/mol. The predicted octanol–water partition coefficient (Wildman–Crippen LogP) is 1.38. The van der Waals surface area contributed by atoms with E-state index in [9.17, 15) is 4.79 Å². The molecule has 0 aliphatic carbocycles. The average molecular weight is 235 g/mol. The Morgan fingerprint density at radius 1 is 1.59 bits per heavy atom. The Morgan fingerprint density at radius 3 is 2.88 bits per heavy atom. The largest absolute Gasteiger partial charge is 0.351 e. The molecule has 1 rings (SSSR count). The number of pyridine rings is 1. The number of carbonyl (C=O) groups is 1. The summed E-state index contributed by atoms with van der Waals surface area (Å²) in [6, 6.07) is 1.49. The summed E-state index contributed by atoms with van der Waals surface area (Å²) in [5, 5.41) is 2.85. The molecule has 0 aliphatic heterocycles. The van der Waals surface area contributed by atoms with Gasteiger partial charge in [0.1, 0.15) is 0 Å². The molecule has 0 radical (unpaired) electrons. The molecule has 0 saturated heterocycles. The third kappa shape index (κ3) is 3.82. The van der Waals surface area contributed by atoms with Gasteiger partial charge in [-0.15, -0.1) is 0 Å². The summed E-state index contributed by atoms with van der Waals surface area (Å²) in [6.07, 6.45) is 4.41. The molecule has 0 aliphatic rings. The summed E-state index contributed by atoms with van der Waals surface area (Å²) in [5.74, 6) is 0.104. The molecule has 0 aromatic carbocycles. The molecule has 94 valence electrons. The van der Waals surface area contributed by atoms with Crippen LogP contribution in [0.5, 0.6) is 0 Å². The minimum absolute atomic E-state index is 0.0948. The van der Waals surface area contributed by atoms with Crippen LogP contribution in [0, 0.1) is 12.8 Å². The van der Waals surface area contributed by atoms with Crippen LogP contribution in [-0.4, -0.2) is 16.9 Å². The standard InChI is InChI=1S/C13H21N3O/c1-4-9(2)12(14)13(17)16-8-11-7-15-6-5-10(11)3/h5-7,9,12H,4,8,14H2,1-3H3,(H,16,17)/t9?,12-/m0/s1. The van der Waals surface area contributed by atoms with Crippen molar-refractivity contribution in [1.29, 1.82) is 0 Å². The SMILES string of the molecule is CCC(C)[C@H](N)C(=O)NCc1cnccc1C. The lowest BCUT2D eigenvalue weighted by Gasteiger charge is -2.18. The Bertz CT molecular complexity index is 379. The first-order chi connectivity index (χ1) is 8.06. The zero-order valence-corrected chi connectivity index (χ0v) is 10.7. The van der Waals surface area contributed by atoms with E-state index in [4.69, 9.17) is 5.73 Å². The van der Waals surface area contributed by atoms with E-state index in [1.165, 1.54) is 0 Å². The lowest BCUT2D eigenvalue weighted by Crippen LogP contribution is -2.44. The Balaban J connectivity index is 2.51. The van der Waals surface area contributed by atoms with Gasteiger partial charge in [-0.3, -0.25) is 9.78 Å². The summed E-state index contributed by atoms with van der Waals surface area (Å²) in [7, 11) is 0. The number of nitrogens with one attached hydrogen (secondary N) is 1. The van der Waals surface area contributed by atoms with E-state index in [0.29, 0.717) is 6.54 Å². The molecule has 1 heterocycles. The summed E-state index contributed by atoms with van der Waals surface area (Å²) in [4.78, 5) is 15.8. The Kier molecular flexibility index (Phi) is 5.10. The minimum Gasteiger partial charge on any atom is -0.351 e. The number of nitrogens with two attached hydrogens (primary N) is 1. The Labute approximate surface area is 103 Å². The highest BCUT2D eigenvalue weighted by Gasteiger charge is 2.18. The normalized spacial score (nSPS) is 14.1. The second-order valence-electron chi connectivity index (χ2n) is 4.43. The molecule has 3 N–H and O–H groups in total. The van der Waals surface area contributed by atoms with Gasteiger partial charge in [0.05, 0.1) is 6.04 Å². The Hall–Kier alpha value is -1.42. The van der Waals surface area contributed by atoms with Crippen molar-refractivity contribution in [2.75, 3.05) is 0 Å². The monoisotopic (exact) mass is 235 g/mol. The molecule has 0 spiro atoms. The van der Waals surface area contributed by atoms with E-state index < -0.39 is 6.04 Å². The third-order valence-corrected chi connectivity index (χ3v) is 3.16. The van der Waals surface area contributed by atoms with Gasteiger partial charge in [-0.25, -0.2) is 0 Å². The summed E-state index contributed by atoms with van der Waals surface area (Å²) in [6.45, 7) is 6.50. The van der Waals surface area contributed by atoms with Gasteiger partial charge in [-0.05, 0) is 30.0 Å². The number of amides is 1. The second kappa shape index (κ2) is 6.35. The van der Waals surface area contributed by atoms with Crippen molar-refractivity contribution >= 4 is 5.91 Å². The van der Waals surface area contributed by atoms with Crippen molar-refractivity contribution < 1.29 is 4.79 Å². The first-order valence-electron chi connectivity index (χ1n) is 5.99. The zero-order valence-electron chi connectivity index (χ0n) is 10.7. The number of aromatic nitrogens is 1. The van der Waals surface area contributed by atoms with E-state index in [1.807, 2.05) is 26.8 Å². The van der Waals surface area contributed by atoms with Crippen LogP contribution < -0.4 is 11.1 Å². The topological polar surface area (TPSA) is 68.0 Å². The van der Waals surface area contributed by atoms with E-state index in [0.717, 1.165) is 17.5 Å². The van der Waals surface area contributed by atoms with Gasteiger partial charge in [0, 0.05) is 18.9 Å². The van der Waals surface area contributed by atoms with E-state index in [1.54, 1.807) is 12.4 Å². The molecule has 4 nitrogen and oxygen atoms in total. The van der Waals surface area contributed by atoms with E-state index >= 15 is 0 Å². The van der Waals surface area contributed by atoms with Gasteiger partial charge >= 0.3 is 0 Å². The maximum absolute atomic E-state index is 11.8. The lowest BCUT2D eigenvalue weighted by atomic mass is 9.99. The molecule has 2 atom stereocenters. The average Bonchev–Trinajstić information content (AvgIpc) is 2.35. The minimum atomic E-state index is -0.433. The van der Waals surface area contributed by atoms with Crippen molar-refractivity contribution in [2.45, 2.75) is 39.8 Å². The number of rotatable bonds is 5. The molecule has 1 unspecified atom stereocenters. The fraction of sp³-hybridized carbons (Fsp3) is 0.538. The van der Waals surface area contributed by atoms with Gasteiger partial charge in [-0.1, -0.05) is 20.3 Å². The van der Waals surface area contributed by atoms with Crippen LogP contribution in [0.3, 0.4) is 0 Å². The molecule has 0 fully saturated rings. The van der Waals surface area contributed by atoms with Crippen LogP contribution in [0.15, 0.2) is 18.5 Å². The molecular weight excluding hydrogens is 214 g/mol. The van der Waals surface area contributed by atoms with Crippen molar-refractivity contribution in [3.8, 4) is 0 Å². The van der Waals surface area contributed by atoms with Crippen LogP contribution in [0.25, 0.3) is 0 Å². The molecule has 17 heavy (non-hydrogen) atoms. The van der Waals surface area contributed by atoms with Gasteiger partial charge in [0.2, 0.25) is 5.91 Å². The van der Waals surface area contributed by atoms with Crippen molar-refractivity contribution in [3.05, 3.63) is 29.6 Å². The second-order valence-corrected chi connectivity index (χ2v) is 4.43. The quantitative estimate of drug-likeness (QED) is 0.810. The third-order valence-electron chi connectivity index (χ3n) is 3.16. The maximum atomic E-state index is 11.8. The summed E-state index contributed by atoms with van der Waals surface area (Å²) in [5.41, 5.74) is 7.99. The number of aryl methyl sites for hydroxylation is 1. The highest BCUT2D eigenvalue weighted by molar-refractivity contribution is 5.81. The lowest BCUT2D eigenvalue weighted by molar-refractivity contribution is -0.123. The highest BCUT2D eigenvalue weighted by atomic mass is 16.2. The van der Waals surface area contributed by atoms with Crippen molar-refractivity contribution in [1.82, 2.24) is 10.3 Å². The van der Waals surface area contributed by atoms with Crippen LogP contribution in [0.2, 0.25) is 0 Å². The highest BCUT2D eigenvalue weighted by Crippen LogP contribution is 2.07. The molecular formula is C13H21N3O. The van der Waals surface area contributed by atoms with Crippen molar-refractivity contribution in [3.63, 3.8) is 0 Å². The van der Waals surface area contributed by atoms with E-state index in [2.05, 4.69) is 10.3 Å². The smallest absolute Gasteiger partial charge is 0.237 e. The number of hydrogen-bond acceptors (Lipinski definition) is 3. The molecule has 1 amide bonds. The van der Waals surface area contributed by atoms with Crippen molar-refractivity contribution in [2.24, 2.45) is 11.7 Å². The van der Waals surface area contributed by atoms with Crippen LogP contribution in [0.4, 0.5) is 0 Å². The maximum Gasteiger partial charge on any atom is 0.237 e. The Morgan fingerprint density at radius 2 is 2.29 bits per heavy atom. The number of hydrogen-bond donors (Lipinski definition) is 2. The molecule has 1 aromatic rings. The van der Waals surface area contributed by atoms with Gasteiger partial charge < -0.3 is 11.1 Å². The fourth-order valence-corrected chi connectivity index (χ4v) is 1.49. The number of nitrogens with zero attached hydrogens (tertiary/aromatic N) is 1. The zero-order chi connectivity index (χ0) is 12.8. The first kappa shape index (κ1) is 13.6. The molecule has 0 saturated carbocycles. The first-order valence-corrected chi connectivity index (χ1v) is 5.99. The van der Waals surface area contributed by atoms with E-state index in [-0.39, 0.29) is 11.8 Å². The fourth-order valence-electron chi connectivity index (χ4n) is 1.49. The molecule has 0 bridgehead atoms. The van der Waals surface area contributed by atoms with Gasteiger partial charge in [0.25, 0.3) is 0 Å². The van der Waals surface area contributed by atoms with Crippen LogP contribution in [-0.2, 0) is 11.3 Å². The van der Waals surface area contributed by atoms with Crippen LogP contribution >= 0.6 is 0 Å². The summed E-state index contributed by atoms with van der Waals surface area (Å²) >= 11 is 0. The summed E-state index contributed by atoms with van der Waals surface area (Å²) < 4.78 is 0. The molecule has 4 heteroatoms. The molecule has 1 aromatic heterocycles. The van der Waals surface area contributed by atoms with Gasteiger partial charge in [0.15, 0.2) is 0 Å².